The highest BCUT2D eigenvalue weighted by atomic mass is 16.6. The van der Waals surface area contributed by atoms with Crippen LogP contribution in [0.5, 0.6) is 0 Å². The van der Waals surface area contributed by atoms with Crippen molar-refractivity contribution in [2.24, 2.45) is 0 Å². The van der Waals surface area contributed by atoms with Gasteiger partial charge in [0.2, 0.25) is 0 Å². The van der Waals surface area contributed by atoms with Crippen LogP contribution < -0.4 is 0 Å². The van der Waals surface area contributed by atoms with E-state index in [0.717, 1.165) is 64.2 Å². The summed E-state index contributed by atoms with van der Waals surface area (Å²) in [5.41, 5.74) is 0. The summed E-state index contributed by atoms with van der Waals surface area (Å²) in [5.74, 6) is -0.862. The third-order valence-electron chi connectivity index (χ3n) is 13.5. The minimum atomic E-state index is -0.767. The number of carbonyl (C=O) groups is 3. The van der Waals surface area contributed by atoms with Gasteiger partial charge >= 0.3 is 17.9 Å². The van der Waals surface area contributed by atoms with Crippen molar-refractivity contribution in [1.29, 1.82) is 0 Å². The van der Waals surface area contributed by atoms with E-state index < -0.39 is 6.10 Å². The van der Waals surface area contributed by atoms with E-state index in [1.165, 1.54) is 231 Å². The van der Waals surface area contributed by atoms with Gasteiger partial charge < -0.3 is 14.2 Å². The Hall–Kier alpha value is -1.85. The second-order valence-corrected chi connectivity index (χ2v) is 20.3. The van der Waals surface area contributed by atoms with Crippen LogP contribution in [0.3, 0.4) is 0 Å². The molecular weight excluding hydrogens is 817 g/mol. The molecule has 0 aromatic carbocycles. The van der Waals surface area contributed by atoms with Crippen LogP contribution in [0.4, 0.5) is 0 Å². The first-order valence-corrected chi connectivity index (χ1v) is 29.7. The highest BCUT2D eigenvalue weighted by Gasteiger charge is 2.19. The second-order valence-electron chi connectivity index (χ2n) is 20.3. The lowest BCUT2D eigenvalue weighted by Crippen LogP contribution is -2.30. The Morgan fingerprint density at radius 2 is 0.515 bits per heavy atom. The Morgan fingerprint density at radius 1 is 0.288 bits per heavy atom. The molecule has 0 N–H and O–H groups in total. The van der Waals surface area contributed by atoms with Crippen LogP contribution in [0.25, 0.3) is 0 Å². The molecule has 0 saturated heterocycles. The first kappa shape index (κ1) is 64.2. The van der Waals surface area contributed by atoms with Crippen molar-refractivity contribution in [3.05, 3.63) is 12.2 Å². The summed E-state index contributed by atoms with van der Waals surface area (Å²) in [4.78, 5) is 37.9. The maximum absolute atomic E-state index is 12.8. The standard InChI is InChI=1S/C60H114O6/c1-4-7-10-13-16-19-21-22-23-24-25-26-27-28-29-30-31-32-33-34-35-36-37-39-41-44-47-50-53-59(62)65-56-57(55-64-58(61)52-49-46-43-40-18-15-12-9-6-3)66-60(63)54-51-48-45-42-38-20-17-14-11-8-5-2/h14,17,57H,4-13,15-16,18-56H2,1-3H3/b17-14-. The minimum absolute atomic E-state index is 0.0683. The summed E-state index contributed by atoms with van der Waals surface area (Å²) in [6.07, 6.45) is 63.9. The van der Waals surface area contributed by atoms with E-state index in [4.69, 9.17) is 14.2 Å². The molecule has 0 aliphatic rings. The average molecular weight is 932 g/mol. The van der Waals surface area contributed by atoms with Crippen molar-refractivity contribution < 1.29 is 28.6 Å². The summed E-state index contributed by atoms with van der Waals surface area (Å²) in [6.45, 7) is 6.62. The number of hydrogen-bond donors (Lipinski definition) is 0. The van der Waals surface area contributed by atoms with Gasteiger partial charge in [0, 0.05) is 19.3 Å². The zero-order chi connectivity index (χ0) is 47.9. The van der Waals surface area contributed by atoms with Gasteiger partial charge in [-0.05, 0) is 38.5 Å². The first-order chi connectivity index (χ1) is 32.5. The molecule has 0 fully saturated rings. The second kappa shape index (κ2) is 55.7. The van der Waals surface area contributed by atoms with E-state index in [-0.39, 0.29) is 31.1 Å². The number of allylic oxidation sites excluding steroid dienone is 2. The molecule has 0 aliphatic heterocycles. The van der Waals surface area contributed by atoms with Gasteiger partial charge in [-0.1, -0.05) is 290 Å². The number of esters is 3. The molecule has 66 heavy (non-hydrogen) atoms. The fourth-order valence-corrected chi connectivity index (χ4v) is 9.02. The third-order valence-corrected chi connectivity index (χ3v) is 13.5. The van der Waals surface area contributed by atoms with Crippen LogP contribution >= 0.6 is 0 Å². The molecule has 0 aromatic rings. The third kappa shape index (κ3) is 53.1. The average Bonchev–Trinajstić information content (AvgIpc) is 3.31. The lowest BCUT2D eigenvalue weighted by atomic mass is 10.0. The maximum atomic E-state index is 12.8. The molecule has 0 bridgehead atoms. The zero-order valence-corrected chi connectivity index (χ0v) is 44.7. The number of carbonyl (C=O) groups excluding carboxylic acids is 3. The van der Waals surface area contributed by atoms with Crippen molar-refractivity contribution in [1.82, 2.24) is 0 Å². The fraction of sp³-hybridized carbons (Fsp3) is 0.917. The topological polar surface area (TPSA) is 78.9 Å². The maximum Gasteiger partial charge on any atom is 0.306 e. The summed E-state index contributed by atoms with van der Waals surface area (Å²) in [6, 6.07) is 0. The summed E-state index contributed by atoms with van der Waals surface area (Å²) in [7, 11) is 0. The molecule has 1 unspecified atom stereocenters. The first-order valence-electron chi connectivity index (χ1n) is 29.7. The van der Waals surface area contributed by atoms with Gasteiger partial charge in [0.05, 0.1) is 0 Å². The molecule has 6 heteroatoms. The molecule has 1 atom stereocenters. The molecule has 0 heterocycles. The number of rotatable bonds is 55. The molecule has 0 spiro atoms. The van der Waals surface area contributed by atoms with E-state index >= 15 is 0 Å². The Kier molecular flexibility index (Phi) is 54.2. The highest BCUT2D eigenvalue weighted by molar-refractivity contribution is 5.71. The summed E-state index contributed by atoms with van der Waals surface area (Å²) < 4.78 is 16.8. The van der Waals surface area contributed by atoms with Crippen molar-refractivity contribution in [3.63, 3.8) is 0 Å². The van der Waals surface area contributed by atoms with Crippen molar-refractivity contribution >= 4 is 17.9 Å². The normalized spacial score (nSPS) is 12.0. The number of ether oxygens (including phenoxy) is 3. The summed E-state index contributed by atoms with van der Waals surface area (Å²) >= 11 is 0. The van der Waals surface area contributed by atoms with Gasteiger partial charge in [0.25, 0.3) is 0 Å². The predicted molar refractivity (Wildman–Crippen MR) is 284 cm³/mol. The van der Waals surface area contributed by atoms with Gasteiger partial charge in [-0.3, -0.25) is 14.4 Å². The van der Waals surface area contributed by atoms with Crippen LogP contribution in [0, 0.1) is 0 Å². The molecule has 0 radical (unpaired) electrons. The largest absolute Gasteiger partial charge is 0.462 e. The molecule has 6 nitrogen and oxygen atoms in total. The smallest absolute Gasteiger partial charge is 0.306 e. The van der Waals surface area contributed by atoms with E-state index in [1.54, 1.807) is 0 Å². The monoisotopic (exact) mass is 931 g/mol. The fourth-order valence-electron chi connectivity index (χ4n) is 9.02. The molecule has 0 amide bonds. The SMILES string of the molecule is CCCC/C=C\CCCCCCCC(=O)OC(COC(=O)CCCCCCCCCCC)COC(=O)CCCCCCCCCCCCCCCCCCCCCCCCCCCCCC. The lowest BCUT2D eigenvalue weighted by molar-refractivity contribution is -0.167. The van der Waals surface area contributed by atoms with Crippen molar-refractivity contribution in [2.75, 3.05) is 13.2 Å². The molecule has 390 valence electrons. The van der Waals surface area contributed by atoms with Crippen LogP contribution in [-0.4, -0.2) is 37.2 Å². The van der Waals surface area contributed by atoms with Gasteiger partial charge in [-0.15, -0.1) is 0 Å². The van der Waals surface area contributed by atoms with E-state index in [2.05, 4.69) is 32.9 Å². The van der Waals surface area contributed by atoms with E-state index in [0.29, 0.717) is 19.3 Å². The van der Waals surface area contributed by atoms with Gasteiger partial charge in [-0.2, -0.15) is 0 Å². The van der Waals surface area contributed by atoms with Crippen LogP contribution in [0.15, 0.2) is 12.2 Å². The molecule has 0 rings (SSSR count). The quantitative estimate of drug-likeness (QED) is 0.0262. The molecule has 0 aliphatic carbocycles. The Labute approximate surface area is 411 Å². The van der Waals surface area contributed by atoms with Crippen molar-refractivity contribution in [3.8, 4) is 0 Å². The van der Waals surface area contributed by atoms with Crippen LogP contribution in [0.1, 0.15) is 335 Å². The highest BCUT2D eigenvalue weighted by Crippen LogP contribution is 2.18. The van der Waals surface area contributed by atoms with E-state index in [9.17, 15) is 14.4 Å². The Bertz CT molecular complexity index is 1020. The van der Waals surface area contributed by atoms with Gasteiger partial charge in [0.15, 0.2) is 6.10 Å². The Balaban J connectivity index is 4.00. The zero-order valence-electron chi connectivity index (χ0n) is 44.7. The molecule has 0 aromatic heterocycles. The van der Waals surface area contributed by atoms with Crippen LogP contribution in [-0.2, 0) is 28.6 Å². The Morgan fingerprint density at radius 3 is 0.803 bits per heavy atom. The molecular formula is C60H114O6. The van der Waals surface area contributed by atoms with Crippen LogP contribution in [0.2, 0.25) is 0 Å². The number of hydrogen-bond acceptors (Lipinski definition) is 6. The minimum Gasteiger partial charge on any atom is -0.462 e. The van der Waals surface area contributed by atoms with Gasteiger partial charge in [-0.25, -0.2) is 0 Å². The van der Waals surface area contributed by atoms with E-state index in [1.807, 2.05) is 0 Å². The van der Waals surface area contributed by atoms with Gasteiger partial charge in [0.1, 0.15) is 13.2 Å². The lowest BCUT2D eigenvalue weighted by Gasteiger charge is -2.18. The predicted octanol–water partition coefficient (Wildman–Crippen LogP) is 19.7. The number of unbranched alkanes of at least 4 members (excludes halogenated alkanes) is 42. The molecule has 0 saturated carbocycles. The summed E-state index contributed by atoms with van der Waals surface area (Å²) in [5, 5.41) is 0. The van der Waals surface area contributed by atoms with Crippen molar-refractivity contribution in [2.45, 2.75) is 341 Å².